The van der Waals surface area contributed by atoms with Gasteiger partial charge in [-0.05, 0) is 183 Å². The number of rotatable bonds is 12. The lowest BCUT2D eigenvalue weighted by Gasteiger charge is -2.17. The number of imidazole rings is 4. The summed E-state index contributed by atoms with van der Waals surface area (Å²) in [7, 11) is 0. The lowest BCUT2D eigenvalue weighted by molar-refractivity contribution is -0.685. The summed E-state index contributed by atoms with van der Waals surface area (Å²) in [5.74, 6) is -0.668. The number of carbonyl (C=O) groups is 6. The third kappa shape index (κ3) is 20.5. The van der Waals surface area contributed by atoms with Crippen molar-refractivity contribution >= 4 is 202 Å². The number of ketones is 6. The molecule has 127 heavy (non-hydrogen) atoms. The summed E-state index contributed by atoms with van der Waals surface area (Å²) in [5, 5.41) is 14.6. The van der Waals surface area contributed by atoms with Crippen LogP contribution in [0.3, 0.4) is 0 Å². The number of hydrogen-bond acceptors (Lipinski definition) is 8. The molecule has 0 radical (unpaired) electrons. The fourth-order valence-corrected chi connectivity index (χ4v) is 17.3. The van der Waals surface area contributed by atoms with Crippen LogP contribution in [-0.4, -0.2) is 63.4 Å². The number of aromatic amines is 1. The minimum Gasteiger partial charge on any atom is -1.00 e. The van der Waals surface area contributed by atoms with E-state index in [0.717, 1.165) is 33.1 Å². The maximum atomic E-state index is 13.1. The van der Waals surface area contributed by atoms with Crippen LogP contribution >= 0.6 is 125 Å². The van der Waals surface area contributed by atoms with E-state index in [2.05, 4.69) is 180 Å². The van der Waals surface area contributed by atoms with Crippen molar-refractivity contribution in [3.63, 3.8) is 0 Å². The fraction of sp³-hybridized carbons (Fsp3) is 0.0693. The van der Waals surface area contributed by atoms with Crippen molar-refractivity contribution < 1.29 is 71.9 Å². The van der Waals surface area contributed by atoms with Crippen molar-refractivity contribution in [3.05, 3.63) is 469 Å². The number of carbonyl (C=O) groups excluding carboxylic acids is 6. The summed E-state index contributed by atoms with van der Waals surface area (Å²) < 4.78 is 9.31. The molecule has 21 rings (SSSR count). The predicted octanol–water partition coefficient (Wildman–Crippen LogP) is 19.4. The molecule has 0 amide bonds. The second-order valence-corrected chi connectivity index (χ2v) is 33.6. The molecule has 4 aromatic heterocycles. The van der Waals surface area contributed by atoms with E-state index < -0.39 is 0 Å². The number of nitrogens with one attached hydrogen (secondary N) is 1. The Bertz CT molecular complexity index is 7050. The van der Waals surface area contributed by atoms with E-state index in [0.29, 0.717) is 146 Å². The number of aromatic nitrogens is 8. The number of fused-ring (bicyclic) bond motifs is 10. The molecule has 0 spiro atoms. The molecule has 0 unspecified atom stereocenters. The molecule has 18 aromatic rings. The molecule has 14 aromatic carbocycles. The van der Waals surface area contributed by atoms with Crippen LogP contribution in [0.4, 0.5) is 0 Å². The Kier molecular flexibility index (Phi) is 30.2. The van der Waals surface area contributed by atoms with Crippen LogP contribution in [0.2, 0.25) is 41.2 Å². The second-order valence-electron chi connectivity index (χ2n) is 29.6. The third-order valence-corrected chi connectivity index (χ3v) is 26.0. The lowest BCUT2D eigenvalue weighted by Crippen LogP contribution is -3.00. The maximum absolute atomic E-state index is 13.1. The van der Waals surface area contributed by atoms with Crippen molar-refractivity contribution in [2.45, 2.75) is 43.4 Å². The van der Waals surface area contributed by atoms with Crippen molar-refractivity contribution in [2.75, 3.05) is 0 Å². The SMILES string of the molecule is BrCc1ccc2ccccc2c1.Clc1nc[nH]c1Cl.Clc1ncn(Cc2ccc3ccccc3c2)c1Cl.O=C1c2ccccc2C(=O)c2cc(CBr)ccc21.O=C1c2ccccc2C(=O)c2cc(Cn3c[n+](Cc4ccc5ccccc5c4)c(Cl)c3Cl)ccc21.O=C1c2ccccc2C(=O)c2cc(Cn3c[n+](Cc4ccc5ccccc5c4)c(Cl)c3Cl)ccc21.[Br-].[Br-]. The maximum Gasteiger partial charge on any atom is 0.255 e. The average molecular weight is 2090 g/mol. The van der Waals surface area contributed by atoms with E-state index in [4.69, 9.17) is 92.8 Å². The van der Waals surface area contributed by atoms with Gasteiger partial charge >= 0.3 is 0 Å². The second kappa shape index (κ2) is 41.5. The highest BCUT2D eigenvalue weighted by Crippen LogP contribution is 2.35. The van der Waals surface area contributed by atoms with Crippen LogP contribution in [0.25, 0.3) is 43.1 Å². The van der Waals surface area contributed by atoms with E-state index in [1.807, 2.05) is 90.1 Å². The van der Waals surface area contributed by atoms with E-state index in [-0.39, 0.29) is 68.7 Å². The van der Waals surface area contributed by atoms with Gasteiger partial charge in [0.25, 0.3) is 20.6 Å². The minimum absolute atomic E-state index is 0. The van der Waals surface area contributed by atoms with Crippen molar-refractivity contribution in [1.82, 2.24) is 28.7 Å². The van der Waals surface area contributed by atoms with E-state index in [1.54, 1.807) is 116 Å². The summed E-state index contributed by atoms with van der Waals surface area (Å²) in [5.41, 5.74) is 12.9. The van der Waals surface area contributed by atoms with Gasteiger partial charge in [-0.1, -0.05) is 321 Å². The van der Waals surface area contributed by atoms with Crippen molar-refractivity contribution in [1.29, 1.82) is 0 Å². The number of benzene rings is 14. The monoisotopic (exact) mass is 2080 g/mol. The highest BCUT2D eigenvalue weighted by Gasteiger charge is 2.34. The first kappa shape index (κ1) is 92.4. The quantitative estimate of drug-likeness (QED) is 0.0932. The molecule has 0 aliphatic heterocycles. The first-order valence-electron chi connectivity index (χ1n) is 39.2. The third-order valence-electron chi connectivity index (χ3n) is 21.5. The molecule has 14 nitrogen and oxygen atoms in total. The van der Waals surface area contributed by atoms with Gasteiger partial charge in [0.15, 0.2) is 45.0 Å². The first-order valence-corrected chi connectivity index (χ1v) is 44.5. The van der Waals surface area contributed by atoms with Gasteiger partial charge in [0.1, 0.15) is 36.5 Å². The largest absolute Gasteiger partial charge is 1.00 e. The van der Waals surface area contributed by atoms with E-state index in [9.17, 15) is 28.8 Å². The molecule has 3 aliphatic carbocycles. The first-order chi connectivity index (χ1) is 60.6. The predicted molar refractivity (Wildman–Crippen MR) is 506 cm³/mol. The van der Waals surface area contributed by atoms with Crippen molar-refractivity contribution in [2.24, 2.45) is 0 Å². The Morgan fingerprint density at radius 3 is 0.866 bits per heavy atom. The topological polar surface area (TPSA) is 167 Å². The van der Waals surface area contributed by atoms with Gasteiger partial charge in [0, 0.05) is 84.0 Å². The van der Waals surface area contributed by atoms with Crippen LogP contribution in [-0.2, 0) is 43.4 Å². The van der Waals surface area contributed by atoms with E-state index in [1.165, 1.54) is 60.5 Å². The smallest absolute Gasteiger partial charge is 0.255 e. The number of hydrogen-bond donors (Lipinski definition) is 1. The fourth-order valence-electron chi connectivity index (χ4n) is 15.2. The zero-order valence-corrected chi connectivity index (χ0v) is 79.1. The number of nitrogens with zero attached hydrogens (tertiary/aromatic N) is 7. The molecular formula is C101H68Br4Cl8N8O6. The summed E-state index contributed by atoms with van der Waals surface area (Å²) in [6.07, 6.45) is 6.84. The molecule has 1 N–H and O–H groups in total. The molecule has 3 aliphatic rings. The molecule has 0 saturated carbocycles. The Morgan fingerprint density at radius 2 is 0.543 bits per heavy atom. The van der Waals surface area contributed by atoms with Gasteiger partial charge in [0.05, 0.1) is 12.7 Å². The van der Waals surface area contributed by atoms with Gasteiger partial charge in [-0.25, -0.2) is 28.2 Å². The van der Waals surface area contributed by atoms with Crippen LogP contribution in [0.15, 0.2) is 323 Å². The van der Waals surface area contributed by atoms with Crippen LogP contribution in [0, 0.1) is 0 Å². The van der Waals surface area contributed by atoms with Gasteiger partial charge < -0.3 is 43.5 Å². The van der Waals surface area contributed by atoms with Crippen LogP contribution in [0.5, 0.6) is 0 Å². The van der Waals surface area contributed by atoms with Crippen LogP contribution < -0.4 is 43.1 Å². The molecule has 4 heterocycles. The van der Waals surface area contributed by atoms with Crippen molar-refractivity contribution in [3.8, 4) is 0 Å². The number of H-pyrrole nitrogens is 1. The molecule has 0 bridgehead atoms. The molecule has 632 valence electrons. The van der Waals surface area contributed by atoms with Gasteiger partial charge in [-0.15, -0.1) is 0 Å². The Hall–Kier alpha value is -10.8. The van der Waals surface area contributed by atoms with Gasteiger partial charge in [-0.2, -0.15) is 0 Å². The number of halogens is 12. The molecule has 26 heteroatoms. The number of alkyl halides is 2. The van der Waals surface area contributed by atoms with Gasteiger partial charge in [0.2, 0.25) is 12.7 Å². The highest BCUT2D eigenvalue weighted by molar-refractivity contribution is 9.08. The Balaban J connectivity index is 0.000000131. The normalized spacial score (nSPS) is 11.9. The Morgan fingerprint density at radius 1 is 0.276 bits per heavy atom. The standard InChI is InChI=1S/2C29H19Cl2N2O2.C15H9BrO2.C14H10Cl2N2.C11H9Br.C3H2Cl2N2.2BrH/c2*30-28-29(31)33(17-32(28)15-18-9-11-20-5-1-2-6-21(20)13-18)16-19-10-12-24-25(14-19)27(35)23-8-4-3-7-22(23)26(24)34;16-8-9-5-6-12-13(7-9)15(18)11-4-2-1-3-10(11)14(12)17;15-13-14(16)18(9-17-13)8-10-5-6-11-3-1-2-4-12(11)7-10;12-8-9-5-6-10-3-1-2-4-11(10)7-9;4-2-3(5)7-1-6-2;;/h2*1-14,17H,15-16H2;1-7H,8H2;1-7,9H,8H2;1-7H,8H2;1H,(H,6,7);2*1H/q2*+1;;;;;;/p-2. The summed E-state index contributed by atoms with van der Waals surface area (Å²) in [4.78, 5) is 86.7. The molecule has 0 saturated heterocycles. The lowest BCUT2D eigenvalue weighted by atomic mass is 9.83. The summed E-state index contributed by atoms with van der Waals surface area (Å²) in [6.45, 7) is 2.65. The summed E-state index contributed by atoms with van der Waals surface area (Å²) >= 11 is 55.7. The summed E-state index contributed by atoms with van der Waals surface area (Å²) in [6, 6.07) is 95.6. The molecule has 0 fully saturated rings. The van der Waals surface area contributed by atoms with E-state index >= 15 is 0 Å². The van der Waals surface area contributed by atoms with Crippen LogP contribution in [0.1, 0.15) is 134 Å². The highest BCUT2D eigenvalue weighted by atomic mass is 79.9. The zero-order chi connectivity index (χ0) is 87.1. The average Bonchev–Trinajstić information content (AvgIpc) is 1.49. The minimum atomic E-state index is -0.139. The Labute approximate surface area is 808 Å². The molecular weight excluding hydrogens is 2020 g/mol. The van der Waals surface area contributed by atoms with Gasteiger partial charge in [-0.3, -0.25) is 28.8 Å². The zero-order valence-electron chi connectivity index (χ0n) is 66.7. The molecule has 0 atom stereocenters.